The first-order chi connectivity index (χ1) is 12.3. The Morgan fingerprint density at radius 3 is 2.36 bits per heavy atom. The second kappa shape index (κ2) is 7.72. The molecule has 25 heavy (non-hydrogen) atoms. The molecular weight excluding hydrogens is 306 g/mol. The molecule has 1 spiro atoms. The molecule has 2 aliphatic rings. The van der Waals surface area contributed by atoms with Gasteiger partial charge in [-0.3, -0.25) is 0 Å². The fourth-order valence-corrected chi connectivity index (χ4v) is 4.31. The Morgan fingerprint density at radius 2 is 1.56 bits per heavy atom. The van der Waals surface area contributed by atoms with Crippen LogP contribution in [0.5, 0.6) is 0 Å². The first-order valence-electron chi connectivity index (χ1n) is 9.80. The molecule has 1 fully saturated rings. The number of unbranched alkanes of at least 4 members (excludes halogenated alkanes) is 1. The van der Waals surface area contributed by atoms with Crippen molar-refractivity contribution in [1.29, 1.82) is 0 Å². The van der Waals surface area contributed by atoms with Gasteiger partial charge in [-0.15, -0.1) is 0 Å². The summed E-state index contributed by atoms with van der Waals surface area (Å²) < 4.78 is 6.34. The molecule has 0 bridgehead atoms. The van der Waals surface area contributed by atoms with E-state index in [1.165, 1.54) is 68.4 Å². The van der Waals surface area contributed by atoms with E-state index in [1.807, 2.05) is 0 Å². The number of rotatable bonds is 5. The zero-order valence-electron chi connectivity index (χ0n) is 15.1. The van der Waals surface area contributed by atoms with Gasteiger partial charge in [-0.2, -0.15) is 0 Å². The molecule has 132 valence electrons. The zero-order chi connectivity index (χ0) is 17.0. The van der Waals surface area contributed by atoms with Crippen LogP contribution in [0.15, 0.2) is 54.6 Å². The number of hydrogen-bond donors (Lipinski definition) is 0. The van der Waals surface area contributed by atoms with E-state index < -0.39 is 0 Å². The van der Waals surface area contributed by atoms with Crippen LogP contribution >= 0.6 is 0 Å². The number of likely N-dealkylation sites (tertiary alicyclic amines) is 1. The van der Waals surface area contributed by atoms with E-state index in [1.54, 1.807) is 0 Å². The average Bonchev–Trinajstić information content (AvgIpc) is 2.67. The molecule has 0 radical (unpaired) electrons. The molecule has 2 aromatic rings. The van der Waals surface area contributed by atoms with Crippen LogP contribution in [-0.2, 0) is 24.2 Å². The molecule has 0 aliphatic carbocycles. The Bertz CT molecular complexity index is 674. The smallest absolute Gasteiger partial charge is 0.0751 e. The molecule has 0 atom stereocenters. The van der Waals surface area contributed by atoms with E-state index in [4.69, 9.17) is 4.74 Å². The second-order valence-electron chi connectivity index (χ2n) is 7.70. The van der Waals surface area contributed by atoms with Gasteiger partial charge in [0.05, 0.1) is 12.2 Å². The van der Waals surface area contributed by atoms with Crippen LogP contribution in [0.4, 0.5) is 0 Å². The summed E-state index contributed by atoms with van der Waals surface area (Å²) in [5.74, 6) is 0. The molecule has 0 N–H and O–H groups in total. The quantitative estimate of drug-likeness (QED) is 0.740. The minimum atomic E-state index is 0.106. The van der Waals surface area contributed by atoms with Gasteiger partial charge in [0.15, 0.2) is 0 Å². The highest BCUT2D eigenvalue weighted by molar-refractivity contribution is 5.30. The second-order valence-corrected chi connectivity index (χ2v) is 7.70. The molecule has 2 aromatic carbocycles. The van der Waals surface area contributed by atoms with E-state index in [9.17, 15) is 0 Å². The van der Waals surface area contributed by atoms with Crippen LogP contribution in [0.2, 0.25) is 0 Å². The third-order valence-corrected chi connectivity index (χ3v) is 5.96. The Kier molecular flexibility index (Phi) is 5.19. The number of nitrogens with zero attached hydrogens (tertiary/aromatic N) is 1. The minimum absolute atomic E-state index is 0.106. The van der Waals surface area contributed by atoms with Gasteiger partial charge in [-0.05, 0) is 55.3 Å². The summed E-state index contributed by atoms with van der Waals surface area (Å²) in [4.78, 5) is 2.64. The molecule has 0 unspecified atom stereocenters. The fourth-order valence-electron chi connectivity index (χ4n) is 4.31. The highest BCUT2D eigenvalue weighted by Crippen LogP contribution is 2.36. The summed E-state index contributed by atoms with van der Waals surface area (Å²) in [6.07, 6.45) is 7.25. The van der Waals surface area contributed by atoms with Gasteiger partial charge < -0.3 is 9.64 Å². The minimum Gasteiger partial charge on any atom is -0.370 e. The fraction of sp³-hybridized carbons (Fsp3) is 0.478. The van der Waals surface area contributed by atoms with Gasteiger partial charge in [0.2, 0.25) is 0 Å². The largest absolute Gasteiger partial charge is 0.370 e. The van der Waals surface area contributed by atoms with Crippen LogP contribution in [0, 0.1) is 0 Å². The Labute approximate surface area is 151 Å². The summed E-state index contributed by atoms with van der Waals surface area (Å²) in [5, 5.41) is 0. The van der Waals surface area contributed by atoms with Gasteiger partial charge in [0.1, 0.15) is 0 Å². The number of aryl methyl sites for hydroxylation is 1. The molecule has 2 heteroatoms. The van der Waals surface area contributed by atoms with Crippen LogP contribution in [-0.4, -0.2) is 30.1 Å². The molecule has 4 rings (SSSR count). The van der Waals surface area contributed by atoms with E-state index in [0.29, 0.717) is 0 Å². The molecule has 0 amide bonds. The molecule has 0 saturated carbocycles. The van der Waals surface area contributed by atoms with Crippen LogP contribution in [0.1, 0.15) is 42.4 Å². The van der Waals surface area contributed by atoms with E-state index in [-0.39, 0.29) is 5.60 Å². The third kappa shape index (κ3) is 4.13. The Hall–Kier alpha value is -1.64. The highest BCUT2D eigenvalue weighted by Gasteiger charge is 2.38. The van der Waals surface area contributed by atoms with Crippen molar-refractivity contribution in [3.63, 3.8) is 0 Å². The lowest BCUT2D eigenvalue weighted by atomic mass is 9.82. The maximum Gasteiger partial charge on any atom is 0.0751 e. The molecule has 2 aliphatic heterocycles. The maximum atomic E-state index is 6.34. The van der Waals surface area contributed by atoms with E-state index >= 15 is 0 Å². The summed E-state index contributed by atoms with van der Waals surface area (Å²) in [5.41, 5.74) is 4.46. The maximum absolute atomic E-state index is 6.34. The lowest BCUT2D eigenvalue weighted by Crippen LogP contribution is -2.49. The van der Waals surface area contributed by atoms with E-state index in [2.05, 4.69) is 59.5 Å². The first kappa shape index (κ1) is 16.8. The van der Waals surface area contributed by atoms with Crippen molar-refractivity contribution in [2.75, 3.05) is 19.6 Å². The van der Waals surface area contributed by atoms with Crippen molar-refractivity contribution >= 4 is 0 Å². The van der Waals surface area contributed by atoms with Crippen molar-refractivity contribution in [3.05, 3.63) is 71.3 Å². The lowest BCUT2D eigenvalue weighted by molar-refractivity contribution is -0.102. The number of benzene rings is 2. The van der Waals surface area contributed by atoms with Crippen LogP contribution < -0.4 is 0 Å². The van der Waals surface area contributed by atoms with Gasteiger partial charge in [0, 0.05) is 19.5 Å². The van der Waals surface area contributed by atoms with Crippen molar-refractivity contribution in [2.45, 2.75) is 50.7 Å². The molecule has 0 aromatic heterocycles. The summed E-state index contributed by atoms with van der Waals surface area (Å²) in [7, 11) is 0. The topological polar surface area (TPSA) is 12.5 Å². The van der Waals surface area contributed by atoms with Crippen molar-refractivity contribution < 1.29 is 4.74 Å². The Morgan fingerprint density at radius 1 is 0.840 bits per heavy atom. The molecule has 2 heterocycles. The normalized spacial score (nSPS) is 19.7. The predicted octanol–water partition coefficient (Wildman–Crippen LogP) is 4.62. The SMILES string of the molecule is c1ccc(CCCCN2CCC3(CC2)Cc2ccccc2CO3)cc1. The average molecular weight is 335 g/mol. The number of fused-ring (bicyclic) bond motifs is 1. The number of piperidine rings is 1. The van der Waals surface area contributed by atoms with E-state index in [0.717, 1.165) is 13.0 Å². The first-order valence-corrected chi connectivity index (χ1v) is 9.80. The van der Waals surface area contributed by atoms with Gasteiger partial charge in [-0.1, -0.05) is 54.6 Å². The van der Waals surface area contributed by atoms with Crippen LogP contribution in [0.3, 0.4) is 0 Å². The monoisotopic (exact) mass is 335 g/mol. The highest BCUT2D eigenvalue weighted by atomic mass is 16.5. The van der Waals surface area contributed by atoms with Gasteiger partial charge in [0.25, 0.3) is 0 Å². The van der Waals surface area contributed by atoms with Crippen LogP contribution in [0.25, 0.3) is 0 Å². The summed E-state index contributed by atoms with van der Waals surface area (Å²) in [6, 6.07) is 19.6. The lowest BCUT2D eigenvalue weighted by Gasteiger charge is -2.44. The van der Waals surface area contributed by atoms with Crippen molar-refractivity contribution in [1.82, 2.24) is 4.90 Å². The zero-order valence-corrected chi connectivity index (χ0v) is 15.1. The van der Waals surface area contributed by atoms with Crippen molar-refractivity contribution in [2.24, 2.45) is 0 Å². The molecular formula is C23H29NO. The van der Waals surface area contributed by atoms with Gasteiger partial charge in [-0.25, -0.2) is 0 Å². The Balaban J connectivity index is 1.21. The molecule has 1 saturated heterocycles. The van der Waals surface area contributed by atoms with Crippen molar-refractivity contribution in [3.8, 4) is 0 Å². The standard InChI is InChI=1S/C23H29NO/c1-2-8-20(9-3-1)10-6-7-15-24-16-13-23(14-17-24)18-21-11-4-5-12-22(21)19-25-23/h1-5,8-9,11-12H,6-7,10,13-19H2. The summed E-state index contributed by atoms with van der Waals surface area (Å²) >= 11 is 0. The molecule has 2 nitrogen and oxygen atoms in total. The predicted molar refractivity (Wildman–Crippen MR) is 103 cm³/mol. The summed E-state index contributed by atoms with van der Waals surface area (Å²) in [6.45, 7) is 4.41. The third-order valence-electron chi connectivity index (χ3n) is 5.96. The number of hydrogen-bond acceptors (Lipinski definition) is 2. The van der Waals surface area contributed by atoms with Gasteiger partial charge >= 0.3 is 0 Å². The number of ether oxygens (including phenoxy) is 1.